The molecule has 0 saturated heterocycles. The average Bonchev–Trinajstić information content (AvgIpc) is 0.738. The zero-order valence-electron chi connectivity index (χ0n) is 72.7. The average molecular weight is 1740 g/mol. The number of pyridine rings is 4. The van der Waals surface area contributed by atoms with Gasteiger partial charge in [0, 0.05) is 72.2 Å². The molecule has 4 aliphatic heterocycles. The molecule has 0 radical (unpaired) electrons. The highest BCUT2D eigenvalue weighted by Gasteiger charge is 2.29. The van der Waals surface area contributed by atoms with Crippen molar-refractivity contribution < 1.29 is 57.1 Å². The minimum atomic E-state index is -0.260. The van der Waals surface area contributed by atoms with Gasteiger partial charge in [-0.05, 0) is 209 Å². The van der Waals surface area contributed by atoms with E-state index in [1.165, 1.54) is 27.7 Å². The highest BCUT2D eigenvalue weighted by atomic mass is 16.5. The molecule has 0 saturated carbocycles. The van der Waals surface area contributed by atoms with Crippen LogP contribution in [0.4, 0.5) is 23.3 Å². The Balaban J connectivity index is 0.802. The normalized spacial score (nSPS) is 11.8. The Morgan fingerprint density at radius 2 is 0.462 bits per heavy atom. The van der Waals surface area contributed by atoms with Gasteiger partial charge >= 0.3 is 0 Å². The molecule has 4 bridgehead atoms. The summed E-state index contributed by atoms with van der Waals surface area (Å²) in [5, 5.41) is 17.8. The van der Waals surface area contributed by atoms with Crippen molar-refractivity contribution in [3.8, 4) is 113 Å². The maximum Gasteiger partial charge on any atom is 0.222 e. The number of nitrogens with zero attached hydrogens (tertiary/aromatic N) is 4. The van der Waals surface area contributed by atoms with E-state index in [0.717, 1.165) is 87.6 Å². The van der Waals surface area contributed by atoms with Gasteiger partial charge in [0.05, 0.1) is 22.8 Å². The zero-order chi connectivity index (χ0) is 90.0. The molecule has 132 heavy (non-hydrogen) atoms. The number of rotatable bonds is 20. The third-order valence-electron chi connectivity index (χ3n) is 22.7. The second kappa shape index (κ2) is 38.3. The van der Waals surface area contributed by atoms with E-state index in [1.807, 2.05) is 291 Å². The molecule has 18 aromatic rings. The van der Waals surface area contributed by atoms with Crippen molar-refractivity contribution in [2.45, 2.75) is 80.6 Å². The Labute approximate surface area is 761 Å². The Morgan fingerprint density at radius 1 is 0.250 bits per heavy atom. The second-order valence-corrected chi connectivity index (χ2v) is 32.3. The largest absolute Gasteiger partial charge is 0.488 e. The van der Waals surface area contributed by atoms with Crippen molar-refractivity contribution in [1.29, 1.82) is 0 Å². The first-order valence-electron chi connectivity index (χ1n) is 43.4. The first-order chi connectivity index (χ1) is 64.6. The minimum absolute atomic E-state index is 0.103. The molecule has 20 heteroatoms. The maximum absolute atomic E-state index is 12.6. The highest BCUT2D eigenvalue weighted by Crippen LogP contribution is 2.53. The predicted octanol–water partition coefficient (Wildman–Crippen LogP) is 24.7. The van der Waals surface area contributed by atoms with Gasteiger partial charge in [0.1, 0.15) is 122 Å². The molecule has 0 aliphatic carbocycles. The fraction of sp³-hybridized carbons (Fsp3) is 0.107. The molecule has 4 amide bonds. The number of carbonyl (C=O) groups excluding carboxylic acids is 4. The predicted molar refractivity (Wildman–Crippen MR) is 517 cm³/mol. The van der Waals surface area contributed by atoms with Gasteiger partial charge in [0.25, 0.3) is 0 Å². The van der Waals surface area contributed by atoms with Crippen LogP contribution in [0, 0.1) is 0 Å². The molecule has 0 atom stereocenters. The standard InChI is InChI=1S/C112H88N8O12/c1-69(121)113-105-33-17-29-93(117-105)89-53-81-45-49-97-109(85(81)57-101(89)129-61-73-21-9-5-10-22-73)110-86-58-102(130-62-74-23-11-6-12-24-74)90(94-30-18-34-106(118-94)114-70(2)122)54-82(86)46-50-98(110)126-66-78-41-43-80(44-42-78)68-128-100-52-48-84-56-92(96-32-20-36-108(120-96)116-72(4)124)104(132-64-76-27-15-8-16-28-76)60-88(84)112(100)111-87-59-103(131-63-75-25-13-7-14-26-75)91(95-31-19-35-107(119-95)115-71(3)123)55-83(87)47-51-99(111)127-67-79-39-37-77(38-40-79)65-125-97/h5-60H,61-68H2,1-4H3,(H,113,117,121)(H,114,118,122)(H,115,119,123)(H,116,120,124). The lowest BCUT2D eigenvalue weighted by molar-refractivity contribution is -0.115. The molecule has 4 N–H and O–H groups in total. The Bertz CT molecular complexity index is 6540. The smallest absolute Gasteiger partial charge is 0.222 e. The van der Waals surface area contributed by atoms with Crippen molar-refractivity contribution in [2.75, 3.05) is 21.3 Å². The number of anilines is 4. The van der Waals surface area contributed by atoms with Crippen LogP contribution in [0.15, 0.2) is 340 Å². The highest BCUT2D eigenvalue weighted by molar-refractivity contribution is 6.14. The lowest BCUT2D eigenvalue weighted by atomic mass is 9.89. The number of fused-ring (bicyclic) bond motifs is 4. The van der Waals surface area contributed by atoms with E-state index in [-0.39, 0.29) is 76.5 Å². The van der Waals surface area contributed by atoms with Crippen LogP contribution in [-0.4, -0.2) is 43.6 Å². The number of carbonyl (C=O) groups is 4. The third kappa shape index (κ3) is 19.3. The number of hydrogen-bond donors (Lipinski definition) is 4. The molecule has 8 heterocycles. The molecule has 22 rings (SSSR count). The van der Waals surface area contributed by atoms with Gasteiger partial charge in [-0.15, -0.1) is 0 Å². The fourth-order valence-corrected chi connectivity index (χ4v) is 16.5. The van der Waals surface area contributed by atoms with E-state index in [9.17, 15) is 19.2 Å². The molecular weight excluding hydrogens is 1650 g/mol. The summed E-state index contributed by atoms with van der Waals surface area (Å²) in [5.74, 6) is 4.59. The van der Waals surface area contributed by atoms with Crippen LogP contribution in [0.5, 0.6) is 46.0 Å². The van der Waals surface area contributed by atoms with E-state index >= 15 is 0 Å². The van der Waals surface area contributed by atoms with Crippen LogP contribution in [0.25, 0.3) is 110 Å². The summed E-state index contributed by atoms with van der Waals surface area (Å²) in [5.41, 5.74) is 14.9. The van der Waals surface area contributed by atoms with E-state index in [1.54, 1.807) is 24.3 Å². The third-order valence-corrected chi connectivity index (χ3v) is 22.7. The number of benzene rings is 14. The van der Waals surface area contributed by atoms with Crippen LogP contribution in [0.1, 0.15) is 72.2 Å². The van der Waals surface area contributed by atoms with Crippen molar-refractivity contribution in [3.05, 3.63) is 384 Å². The molecule has 0 fully saturated rings. The monoisotopic (exact) mass is 1740 g/mol. The molecule has 0 spiro atoms. The van der Waals surface area contributed by atoms with Gasteiger partial charge in [0.2, 0.25) is 23.6 Å². The van der Waals surface area contributed by atoms with Crippen LogP contribution in [0.2, 0.25) is 0 Å². The molecule has 648 valence electrons. The summed E-state index contributed by atoms with van der Waals surface area (Å²) in [6.45, 7) is 7.05. The molecule has 20 nitrogen and oxygen atoms in total. The van der Waals surface area contributed by atoms with E-state index in [2.05, 4.69) is 45.5 Å². The topological polar surface area (TPSA) is 242 Å². The summed E-state index contributed by atoms with van der Waals surface area (Å²) in [6.07, 6.45) is 0. The van der Waals surface area contributed by atoms with E-state index < -0.39 is 0 Å². The van der Waals surface area contributed by atoms with Crippen LogP contribution in [-0.2, 0) is 72.0 Å². The molecule has 14 aromatic carbocycles. The van der Waals surface area contributed by atoms with Crippen LogP contribution in [0.3, 0.4) is 0 Å². The van der Waals surface area contributed by atoms with Crippen molar-refractivity contribution in [3.63, 3.8) is 0 Å². The SMILES string of the molecule is CC(=O)Nc1cccc(-c2cc3ccc4c(c3cc2OCc2ccccc2)-c2c(ccc3cc(-c5cccc(NC(C)=O)n5)c(OCc5ccccc5)cc23)OCc2ccc(cc2)COc2ccc3cc(-c5cccc(NC(C)=O)n5)c(OCc5ccccc5)cc3c2-c2c(ccc3cc(-c5cccc(NC(C)=O)n5)c(OCc5ccccc5)cc23)OCc2ccc(cc2)CO4)n1. The number of amides is 4. The molecule has 4 aromatic heterocycles. The summed E-state index contributed by atoms with van der Waals surface area (Å²) in [6, 6.07) is 111. The number of aromatic nitrogens is 4. The Hall–Kier alpha value is -17.0. The van der Waals surface area contributed by atoms with Gasteiger partial charge in [-0.1, -0.05) is 218 Å². The van der Waals surface area contributed by atoms with Gasteiger partial charge < -0.3 is 59.2 Å². The van der Waals surface area contributed by atoms with Crippen LogP contribution < -0.4 is 59.2 Å². The molecule has 4 aliphatic rings. The first kappa shape index (κ1) is 84.5. The number of hydrogen-bond acceptors (Lipinski definition) is 16. The van der Waals surface area contributed by atoms with Crippen LogP contribution >= 0.6 is 0 Å². The Morgan fingerprint density at radius 3 is 0.667 bits per heavy atom. The summed E-state index contributed by atoms with van der Waals surface area (Å²) < 4.78 is 57.7. The number of ether oxygens (including phenoxy) is 8. The van der Waals surface area contributed by atoms with Crippen molar-refractivity contribution in [1.82, 2.24) is 19.9 Å². The van der Waals surface area contributed by atoms with Gasteiger partial charge in [-0.25, -0.2) is 19.9 Å². The number of nitrogens with one attached hydrogen (secondary N) is 4. The Kier molecular flexibility index (Phi) is 24.5. The van der Waals surface area contributed by atoms with E-state index in [4.69, 9.17) is 57.8 Å². The minimum Gasteiger partial charge on any atom is -0.488 e. The first-order valence-corrected chi connectivity index (χ1v) is 43.4. The second-order valence-electron chi connectivity index (χ2n) is 32.3. The lowest BCUT2D eigenvalue weighted by Gasteiger charge is -2.23. The van der Waals surface area contributed by atoms with Crippen molar-refractivity contribution >= 4 is 90.0 Å². The summed E-state index contributed by atoms with van der Waals surface area (Å²) >= 11 is 0. The summed E-state index contributed by atoms with van der Waals surface area (Å²) in [7, 11) is 0. The lowest BCUT2D eigenvalue weighted by Crippen LogP contribution is -2.07. The fourth-order valence-electron chi connectivity index (χ4n) is 16.5. The van der Waals surface area contributed by atoms with E-state index in [0.29, 0.717) is 137 Å². The quantitative estimate of drug-likeness (QED) is 0.0554. The molecular formula is C112H88N8O12. The maximum atomic E-state index is 12.6. The van der Waals surface area contributed by atoms with Gasteiger partial charge in [-0.2, -0.15) is 0 Å². The zero-order valence-corrected chi connectivity index (χ0v) is 72.7. The van der Waals surface area contributed by atoms with Crippen molar-refractivity contribution in [2.24, 2.45) is 0 Å². The van der Waals surface area contributed by atoms with Gasteiger partial charge in [0.15, 0.2) is 0 Å². The summed E-state index contributed by atoms with van der Waals surface area (Å²) in [4.78, 5) is 70.4. The van der Waals surface area contributed by atoms with Gasteiger partial charge in [-0.3, -0.25) is 19.2 Å². The molecule has 0 unspecified atom stereocenters.